The zero-order valence-electron chi connectivity index (χ0n) is 9.37. The molecule has 0 amide bonds. The Balaban J connectivity index is 3.04. The molecular weight excluding hydrogens is 195 g/mol. The third-order valence-electron chi connectivity index (χ3n) is 2.10. The van der Waals surface area contributed by atoms with E-state index >= 15 is 0 Å². The van der Waals surface area contributed by atoms with Crippen LogP contribution in [-0.2, 0) is 0 Å². The Hall–Kier alpha value is -1.39. The van der Waals surface area contributed by atoms with Crippen LogP contribution in [0.25, 0.3) is 0 Å². The van der Waals surface area contributed by atoms with Crippen LogP contribution in [0, 0.1) is 5.82 Å². The lowest BCUT2D eigenvalue weighted by molar-refractivity contribution is 0.581. The predicted octanol–water partition coefficient (Wildman–Crippen LogP) is 1.82. The summed E-state index contributed by atoms with van der Waals surface area (Å²) >= 11 is 0. The molecule has 0 aliphatic heterocycles. The largest absolute Gasteiger partial charge is 0.368 e. The Morgan fingerprint density at radius 2 is 2.20 bits per heavy atom. The monoisotopic (exact) mass is 212 g/mol. The van der Waals surface area contributed by atoms with Gasteiger partial charge in [0.1, 0.15) is 0 Å². The number of hydrogen-bond acceptors (Lipinski definition) is 4. The minimum atomic E-state index is -0.425. The Morgan fingerprint density at radius 1 is 1.53 bits per heavy atom. The number of nitrogen functional groups attached to an aromatic ring is 1. The topological polar surface area (TPSA) is 55.0 Å². The van der Waals surface area contributed by atoms with E-state index in [4.69, 9.17) is 5.73 Å². The second-order valence-electron chi connectivity index (χ2n) is 3.69. The van der Waals surface area contributed by atoms with Crippen molar-refractivity contribution in [2.45, 2.75) is 33.2 Å². The maximum Gasteiger partial charge on any atom is 0.222 e. The Kier molecular flexibility index (Phi) is 3.82. The van der Waals surface area contributed by atoms with Crippen LogP contribution in [0.5, 0.6) is 0 Å². The molecule has 5 heteroatoms. The van der Waals surface area contributed by atoms with Crippen LogP contribution in [0.2, 0.25) is 0 Å². The van der Waals surface area contributed by atoms with Crippen molar-refractivity contribution < 1.29 is 4.39 Å². The Labute approximate surface area is 89.3 Å². The molecule has 84 valence electrons. The third-order valence-corrected chi connectivity index (χ3v) is 2.10. The van der Waals surface area contributed by atoms with Crippen molar-refractivity contribution in [2.75, 3.05) is 17.2 Å². The van der Waals surface area contributed by atoms with Gasteiger partial charge in [-0.05, 0) is 20.3 Å². The van der Waals surface area contributed by atoms with Gasteiger partial charge in [0.05, 0.1) is 6.20 Å². The predicted molar refractivity (Wildman–Crippen MR) is 59.2 cm³/mol. The van der Waals surface area contributed by atoms with Crippen LogP contribution < -0.4 is 10.6 Å². The second-order valence-corrected chi connectivity index (χ2v) is 3.69. The summed E-state index contributed by atoms with van der Waals surface area (Å²) in [5, 5.41) is 0. The average Bonchev–Trinajstić information content (AvgIpc) is 2.18. The standard InChI is InChI=1S/C10H17FN4/c1-4-5-15(7(2)3)9-8(11)6-13-10(12)14-9/h6-7H,4-5H2,1-3H3,(H2,12,13,14). The van der Waals surface area contributed by atoms with Gasteiger partial charge in [-0.15, -0.1) is 0 Å². The average molecular weight is 212 g/mol. The molecule has 1 rings (SSSR count). The van der Waals surface area contributed by atoms with Crippen molar-refractivity contribution in [3.63, 3.8) is 0 Å². The normalized spacial score (nSPS) is 10.7. The molecule has 0 saturated carbocycles. The molecule has 0 saturated heterocycles. The summed E-state index contributed by atoms with van der Waals surface area (Å²) in [5.41, 5.74) is 5.45. The van der Waals surface area contributed by atoms with Crippen LogP contribution in [0.15, 0.2) is 6.20 Å². The number of anilines is 2. The number of aromatic nitrogens is 2. The first-order chi connectivity index (χ1) is 7.06. The van der Waals surface area contributed by atoms with Crippen molar-refractivity contribution in [3.8, 4) is 0 Å². The first-order valence-electron chi connectivity index (χ1n) is 5.11. The maximum atomic E-state index is 13.5. The summed E-state index contributed by atoms with van der Waals surface area (Å²) < 4.78 is 13.5. The number of halogens is 1. The van der Waals surface area contributed by atoms with E-state index in [0.717, 1.165) is 19.2 Å². The highest BCUT2D eigenvalue weighted by Gasteiger charge is 2.16. The fraction of sp³-hybridized carbons (Fsp3) is 0.600. The van der Waals surface area contributed by atoms with Crippen molar-refractivity contribution in [3.05, 3.63) is 12.0 Å². The summed E-state index contributed by atoms with van der Waals surface area (Å²) in [6, 6.07) is 0.189. The van der Waals surface area contributed by atoms with Gasteiger partial charge in [-0.2, -0.15) is 4.98 Å². The second kappa shape index (κ2) is 4.91. The molecule has 0 bridgehead atoms. The summed E-state index contributed by atoms with van der Waals surface area (Å²) in [6.07, 6.45) is 2.05. The quantitative estimate of drug-likeness (QED) is 0.827. The van der Waals surface area contributed by atoms with Crippen LogP contribution >= 0.6 is 0 Å². The highest BCUT2D eigenvalue weighted by molar-refractivity contribution is 5.43. The molecule has 0 radical (unpaired) electrons. The molecule has 0 aromatic carbocycles. The van der Waals surface area contributed by atoms with E-state index in [2.05, 4.69) is 9.97 Å². The zero-order valence-corrected chi connectivity index (χ0v) is 9.37. The lowest BCUT2D eigenvalue weighted by Crippen LogP contribution is -2.33. The fourth-order valence-electron chi connectivity index (χ4n) is 1.42. The van der Waals surface area contributed by atoms with E-state index in [1.54, 1.807) is 0 Å². The van der Waals surface area contributed by atoms with Crippen LogP contribution in [0.4, 0.5) is 16.2 Å². The molecule has 0 atom stereocenters. The van der Waals surface area contributed by atoms with E-state index in [1.807, 2.05) is 25.7 Å². The van der Waals surface area contributed by atoms with Gasteiger partial charge in [-0.25, -0.2) is 9.37 Å². The lowest BCUT2D eigenvalue weighted by Gasteiger charge is -2.27. The number of nitrogens with two attached hydrogens (primary N) is 1. The van der Waals surface area contributed by atoms with Crippen LogP contribution in [0.3, 0.4) is 0 Å². The van der Waals surface area contributed by atoms with Gasteiger partial charge in [0.25, 0.3) is 0 Å². The van der Waals surface area contributed by atoms with Crippen LogP contribution in [-0.4, -0.2) is 22.6 Å². The molecular formula is C10H17FN4. The molecule has 1 aromatic rings. The molecule has 0 fully saturated rings. The summed E-state index contributed by atoms with van der Waals surface area (Å²) in [6.45, 7) is 6.78. The van der Waals surface area contributed by atoms with Crippen molar-refractivity contribution in [1.82, 2.24) is 9.97 Å². The first kappa shape index (κ1) is 11.7. The zero-order chi connectivity index (χ0) is 11.4. The van der Waals surface area contributed by atoms with E-state index in [-0.39, 0.29) is 12.0 Å². The van der Waals surface area contributed by atoms with Crippen molar-refractivity contribution >= 4 is 11.8 Å². The van der Waals surface area contributed by atoms with Gasteiger partial charge in [-0.3, -0.25) is 0 Å². The van der Waals surface area contributed by atoms with Gasteiger partial charge >= 0.3 is 0 Å². The lowest BCUT2D eigenvalue weighted by atomic mass is 10.3. The molecule has 2 N–H and O–H groups in total. The molecule has 15 heavy (non-hydrogen) atoms. The molecule has 0 aliphatic carbocycles. The van der Waals surface area contributed by atoms with Crippen molar-refractivity contribution in [1.29, 1.82) is 0 Å². The minimum Gasteiger partial charge on any atom is -0.368 e. The molecule has 0 unspecified atom stereocenters. The number of rotatable bonds is 4. The smallest absolute Gasteiger partial charge is 0.222 e. The molecule has 1 heterocycles. The Bertz CT molecular complexity index is 327. The molecule has 1 aromatic heterocycles. The molecule has 0 aliphatic rings. The highest BCUT2D eigenvalue weighted by Crippen LogP contribution is 2.18. The molecule has 4 nitrogen and oxygen atoms in total. The van der Waals surface area contributed by atoms with E-state index < -0.39 is 5.82 Å². The van der Waals surface area contributed by atoms with Crippen LogP contribution in [0.1, 0.15) is 27.2 Å². The van der Waals surface area contributed by atoms with Gasteiger partial charge in [0.2, 0.25) is 5.95 Å². The SMILES string of the molecule is CCCN(c1nc(N)ncc1F)C(C)C. The Morgan fingerprint density at radius 3 is 2.73 bits per heavy atom. The number of nitrogens with zero attached hydrogens (tertiary/aromatic N) is 3. The van der Waals surface area contributed by atoms with Gasteiger partial charge in [0.15, 0.2) is 11.6 Å². The van der Waals surface area contributed by atoms with Crippen molar-refractivity contribution in [2.24, 2.45) is 0 Å². The highest BCUT2D eigenvalue weighted by atomic mass is 19.1. The van der Waals surface area contributed by atoms with E-state index in [1.165, 1.54) is 0 Å². The van der Waals surface area contributed by atoms with E-state index in [0.29, 0.717) is 5.82 Å². The fourth-order valence-corrected chi connectivity index (χ4v) is 1.42. The van der Waals surface area contributed by atoms with E-state index in [9.17, 15) is 4.39 Å². The first-order valence-corrected chi connectivity index (χ1v) is 5.11. The van der Waals surface area contributed by atoms with Gasteiger partial charge in [-0.1, -0.05) is 6.92 Å². The third kappa shape index (κ3) is 2.78. The van der Waals surface area contributed by atoms with Gasteiger partial charge in [0, 0.05) is 12.6 Å². The summed E-state index contributed by atoms with van der Waals surface area (Å²) in [7, 11) is 0. The summed E-state index contributed by atoms with van der Waals surface area (Å²) in [5.74, 6) is -0.0288. The number of hydrogen-bond donors (Lipinski definition) is 1. The van der Waals surface area contributed by atoms with Gasteiger partial charge < -0.3 is 10.6 Å². The maximum absolute atomic E-state index is 13.5. The minimum absolute atomic E-state index is 0.105. The summed E-state index contributed by atoms with van der Waals surface area (Å²) in [4.78, 5) is 9.42. The molecule has 0 spiro atoms.